The summed E-state index contributed by atoms with van der Waals surface area (Å²) in [5, 5.41) is 44.8. The first-order chi connectivity index (χ1) is 29.4. The van der Waals surface area contributed by atoms with Crippen LogP contribution >= 0.6 is 23.5 Å². The largest absolute Gasteiger partial charge is 0.543 e. The van der Waals surface area contributed by atoms with Crippen molar-refractivity contribution in [3.8, 4) is 0 Å². The van der Waals surface area contributed by atoms with Crippen LogP contribution in [0, 0.1) is 27.9 Å². The van der Waals surface area contributed by atoms with E-state index in [4.69, 9.17) is 4.74 Å². The lowest BCUT2D eigenvalue weighted by Gasteiger charge is -2.54. The molecule has 0 aromatic heterocycles. The van der Waals surface area contributed by atoms with E-state index in [0.29, 0.717) is 42.0 Å². The van der Waals surface area contributed by atoms with E-state index in [9.17, 15) is 59.0 Å². The SMILES string of the molecule is C[C@@H](O)[C@H]1C(=O)N2C(C(=O)OC(=O)c3ccc([N+](=O)[O-])cc3)=C(S[C@@H]3CC[C@H](C(=O)N(C)C)C3)C[C@]12C.C[C@@H](O)[C@H]1C(=O)N2C(C(=O)[O-])=C(S[C@@H]3C[NH2+][C@H](C(=O)N(C)C)C3)C[C@]12C. The predicted octanol–water partition coefficient (Wildman–Crippen LogP) is -0.0433. The summed E-state index contributed by atoms with van der Waals surface area (Å²) in [6.07, 6.45) is 1.70. The van der Waals surface area contributed by atoms with Gasteiger partial charge in [-0.25, -0.2) is 9.59 Å². The molecule has 4 fully saturated rings. The van der Waals surface area contributed by atoms with Crippen LogP contribution in [0.25, 0.3) is 0 Å². The number of esters is 2. The lowest BCUT2D eigenvalue weighted by Crippen LogP contribution is -2.89. The van der Waals surface area contributed by atoms with Gasteiger partial charge in [0.05, 0.1) is 69.1 Å². The Hall–Kier alpha value is -4.83. The Morgan fingerprint density at radius 3 is 1.81 bits per heavy atom. The van der Waals surface area contributed by atoms with Crippen molar-refractivity contribution < 1.29 is 63.9 Å². The molecule has 0 bridgehead atoms. The average molecular weight is 915 g/mol. The monoisotopic (exact) mass is 914 g/mol. The first kappa shape index (κ1) is 47.6. The van der Waals surface area contributed by atoms with E-state index in [0.717, 1.165) is 25.0 Å². The molecule has 0 radical (unpaired) electrons. The Morgan fingerprint density at radius 2 is 1.32 bits per heavy atom. The molecule has 10 atom stereocenters. The zero-order chi connectivity index (χ0) is 46.6. The summed E-state index contributed by atoms with van der Waals surface area (Å²) in [5.74, 6) is -5.46. The minimum atomic E-state index is -1.36. The molecule has 342 valence electrons. The van der Waals surface area contributed by atoms with Crippen LogP contribution in [0.15, 0.2) is 45.5 Å². The van der Waals surface area contributed by atoms with Crippen molar-refractivity contribution in [3.05, 3.63) is 61.1 Å². The summed E-state index contributed by atoms with van der Waals surface area (Å²) in [6.45, 7) is 7.39. The van der Waals surface area contributed by atoms with E-state index >= 15 is 0 Å². The van der Waals surface area contributed by atoms with Gasteiger partial charge in [-0.1, -0.05) is 0 Å². The Labute approximate surface area is 372 Å². The van der Waals surface area contributed by atoms with Gasteiger partial charge in [-0.3, -0.25) is 34.2 Å². The van der Waals surface area contributed by atoms with Crippen LogP contribution in [-0.4, -0.2) is 151 Å². The van der Waals surface area contributed by atoms with Gasteiger partial charge in [-0.2, -0.15) is 0 Å². The minimum Gasteiger partial charge on any atom is -0.543 e. The number of benzene rings is 1. The molecule has 1 aromatic rings. The maximum absolute atomic E-state index is 13.3. The highest BCUT2D eigenvalue weighted by Crippen LogP contribution is 2.57. The molecule has 1 aromatic carbocycles. The molecular weight excluding hydrogens is 861 g/mol. The summed E-state index contributed by atoms with van der Waals surface area (Å²) in [6, 6.07) is 4.48. The third-order valence-corrected chi connectivity index (χ3v) is 15.7. The van der Waals surface area contributed by atoms with Crippen molar-refractivity contribution in [2.24, 2.45) is 17.8 Å². The van der Waals surface area contributed by atoms with Gasteiger partial charge < -0.3 is 44.9 Å². The summed E-state index contributed by atoms with van der Waals surface area (Å²) in [5.41, 5.74) is -1.91. The van der Waals surface area contributed by atoms with Gasteiger partial charge in [0.25, 0.3) is 11.6 Å². The molecule has 6 aliphatic rings. The van der Waals surface area contributed by atoms with Crippen molar-refractivity contribution in [2.45, 2.75) is 106 Å². The Kier molecular flexibility index (Phi) is 13.6. The second-order valence-electron chi connectivity index (χ2n) is 17.9. The quantitative estimate of drug-likeness (QED) is 0.0817. The number of likely N-dealkylation sites (N-methyl/N-ethyl adjacent to an activating group) is 1. The van der Waals surface area contributed by atoms with Crippen molar-refractivity contribution in [1.82, 2.24) is 19.6 Å². The molecule has 0 unspecified atom stereocenters. The number of rotatable bonds is 12. The first-order valence-electron chi connectivity index (χ1n) is 20.7. The second kappa shape index (κ2) is 18.0. The number of quaternary nitrogens is 1. The molecule has 63 heavy (non-hydrogen) atoms. The number of amides is 4. The number of thioether (sulfide) groups is 2. The van der Waals surface area contributed by atoms with Crippen LogP contribution in [0.1, 0.15) is 76.6 Å². The Morgan fingerprint density at radius 1 is 0.810 bits per heavy atom. The first-order valence-corrected chi connectivity index (χ1v) is 22.5. The highest BCUT2D eigenvalue weighted by Gasteiger charge is 2.66. The molecule has 1 saturated carbocycles. The Bertz CT molecular complexity index is 2180. The molecule has 4 N–H and O–H groups in total. The van der Waals surface area contributed by atoms with Crippen LogP contribution in [0.5, 0.6) is 0 Å². The normalized spacial score (nSPS) is 30.4. The fourth-order valence-corrected chi connectivity index (χ4v) is 13.3. The second-order valence-corrected chi connectivity index (χ2v) is 20.7. The van der Waals surface area contributed by atoms with Gasteiger partial charge in [-0.05, 0) is 59.1 Å². The van der Waals surface area contributed by atoms with Gasteiger partial charge in [0.1, 0.15) is 5.70 Å². The van der Waals surface area contributed by atoms with E-state index < -0.39 is 63.9 Å². The van der Waals surface area contributed by atoms with Gasteiger partial charge in [0, 0.05) is 80.6 Å². The van der Waals surface area contributed by atoms with Crippen LogP contribution in [-0.2, 0) is 33.5 Å². The molecule has 3 saturated heterocycles. The molecule has 19 nitrogen and oxygen atoms in total. The highest BCUT2D eigenvalue weighted by atomic mass is 32.2. The Balaban J connectivity index is 0.000000223. The number of carbonyl (C=O) groups excluding carboxylic acids is 7. The van der Waals surface area contributed by atoms with Crippen LogP contribution in [0.4, 0.5) is 5.69 Å². The van der Waals surface area contributed by atoms with Crippen molar-refractivity contribution in [3.63, 3.8) is 0 Å². The third-order valence-electron chi connectivity index (χ3n) is 12.9. The number of ether oxygens (including phenoxy) is 1. The number of carbonyl (C=O) groups is 7. The summed E-state index contributed by atoms with van der Waals surface area (Å²) in [7, 11) is 6.87. The third kappa shape index (κ3) is 8.73. The number of aliphatic carboxylic acids is 1. The lowest BCUT2D eigenvalue weighted by molar-refractivity contribution is -0.657. The number of hydrogen-bond donors (Lipinski definition) is 3. The number of β-lactam (4-membered cyclic amide) rings is 2. The summed E-state index contributed by atoms with van der Waals surface area (Å²) >= 11 is 2.85. The molecule has 5 heterocycles. The number of aliphatic hydroxyl groups is 2. The number of fused-ring (bicyclic) bond motifs is 2. The number of hydrogen-bond acceptors (Lipinski definition) is 15. The van der Waals surface area contributed by atoms with Crippen molar-refractivity contribution in [1.29, 1.82) is 0 Å². The lowest BCUT2D eigenvalue weighted by atomic mass is 9.71. The van der Waals surface area contributed by atoms with E-state index in [2.05, 4.69) is 0 Å². The van der Waals surface area contributed by atoms with Gasteiger partial charge in [0.2, 0.25) is 17.7 Å². The van der Waals surface area contributed by atoms with Crippen LogP contribution < -0.4 is 10.4 Å². The smallest absolute Gasteiger partial charge is 0.363 e. The topological polar surface area (TPSA) is 265 Å². The zero-order valence-electron chi connectivity index (χ0n) is 36.4. The number of aliphatic hydroxyl groups excluding tert-OH is 2. The van der Waals surface area contributed by atoms with Crippen LogP contribution in [0.3, 0.4) is 0 Å². The minimum absolute atomic E-state index is 0.0213. The average Bonchev–Trinajstić information content (AvgIpc) is 3.96. The molecule has 0 spiro atoms. The molecule has 5 aliphatic heterocycles. The molecular formula is C42H54N6O13S2. The van der Waals surface area contributed by atoms with Gasteiger partial charge in [0.15, 0.2) is 6.04 Å². The number of nitro benzene ring substituents is 1. The number of carboxylic acids is 1. The van der Waals surface area contributed by atoms with E-state index in [1.54, 1.807) is 58.8 Å². The zero-order valence-corrected chi connectivity index (χ0v) is 38.0. The molecule has 7 rings (SSSR count). The van der Waals surface area contributed by atoms with Gasteiger partial charge in [-0.15, -0.1) is 23.5 Å². The summed E-state index contributed by atoms with van der Waals surface area (Å²) in [4.78, 5) is 105. The number of nitrogens with two attached hydrogens (primary N) is 1. The van der Waals surface area contributed by atoms with E-state index in [-0.39, 0.29) is 62.8 Å². The fourth-order valence-electron chi connectivity index (χ4n) is 10.1. The molecule has 21 heteroatoms. The maximum Gasteiger partial charge on any atom is 0.363 e. The predicted molar refractivity (Wildman–Crippen MR) is 225 cm³/mol. The molecule has 4 amide bonds. The number of nitro groups is 1. The number of carboxylic acid groups (broad SMARTS) is 1. The van der Waals surface area contributed by atoms with Crippen molar-refractivity contribution in [2.75, 3.05) is 34.7 Å². The standard InChI is InChI=1S/C25H29N3O8S.C17H25N3O5S/c1-13(29)19-22(31)27-20(24(33)36-23(32)14-5-8-16(9-6-14)28(34)35)18(12-25(19,27)2)37-17-10-7-15(11-17)21(30)26(3)4;1-8(21)12-15(23)20-13(16(24)25)11(6-17(12,20)2)26-9-5-10(18-7-9)14(22)19(3)4/h5-6,8-9,13,15,17,19,29H,7,10-12H2,1-4H3;8-10,12,18,21H,5-7H2,1-4H3,(H,24,25)/t13-,15+,17-,19+,25-;8-,9+,10+,12+,17-/m11/s1. The maximum atomic E-state index is 13.3. The summed E-state index contributed by atoms with van der Waals surface area (Å²) < 4.78 is 5.11. The van der Waals surface area contributed by atoms with Crippen LogP contribution in [0.2, 0.25) is 0 Å². The number of non-ortho nitro benzene ring substituents is 1. The van der Waals surface area contributed by atoms with Crippen molar-refractivity contribution >= 4 is 70.7 Å². The van der Waals surface area contributed by atoms with E-state index in [1.807, 2.05) is 5.32 Å². The number of nitrogens with zero attached hydrogens (tertiary/aromatic N) is 5. The van der Waals surface area contributed by atoms with E-state index in [1.165, 1.54) is 52.4 Å². The van der Waals surface area contributed by atoms with Gasteiger partial charge >= 0.3 is 11.9 Å². The fraction of sp³-hybridized carbons (Fsp3) is 0.595. The highest BCUT2D eigenvalue weighted by molar-refractivity contribution is 8.04. The molecule has 1 aliphatic carbocycles.